The molecule has 0 aliphatic carbocycles. The molecule has 1 heterocycles. The van der Waals surface area contributed by atoms with Crippen LogP contribution in [-0.2, 0) is 6.54 Å². The summed E-state index contributed by atoms with van der Waals surface area (Å²) >= 11 is 0. The van der Waals surface area contributed by atoms with Gasteiger partial charge in [-0.05, 0) is 62.5 Å². The molecule has 1 aromatic rings. The van der Waals surface area contributed by atoms with E-state index in [0.717, 1.165) is 25.4 Å². The van der Waals surface area contributed by atoms with E-state index < -0.39 is 0 Å². The van der Waals surface area contributed by atoms with E-state index in [0.29, 0.717) is 5.41 Å². The molecule has 118 valence electrons. The molecule has 1 fully saturated rings. The van der Waals surface area contributed by atoms with Gasteiger partial charge in [0.15, 0.2) is 0 Å². The fourth-order valence-electron chi connectivity index (χ4n) is 2.94. The normalized spacial score (nSPS) is 19.2. The number of nitrogens with one attached hydrogen (secondary N) is 1. The second kappa shape index (κ2) is 7.81. The minimum absolute atomic E-state index is 0.511. The van der Waals surface area contributed by atoms with E-state index in [2.05, 4.69) is 42.3 Å². The third-order valence-corrected chi connectivity index (χ3v) is 4.39. The first-order valence-electron chi connectivity index (χ1n) is 8.18. The fourth-order valence-corrected chi connectivity index (χ4v) is 2.94. The molecular formula is C18H30N2O. The van der Waals surface area contributed by atoms with E-state index >= 15 is 0 Å². The van der Waals surface area contributed by atoms with Crippen LogP contribution in [0.2, 0.25) is 0 Å². The third-order valence-electron chi connectivity index (χ3n) is 4.39. The zero-order chi connectivity index (χ0) is 15.1. The fraction of sp³-hybridized carbons (Fsp3) is 0.667. The number of ether oxygens (including phenoxy) is 1. The molecule has 0 aromatic heterocycles. The van der Waals surface area contributed by atoms with Crippen molar-refractivity contribution in [3.8, 4) is 5.75 Å². The predicted octanol–water partition coefficient (Wildman–Crippen LogP) is 3.30. The van der Waals surface area contributed by atoms with Gasteiger partial charge in [0.1, 0.15) is 12.4 Å². The van der Waals surface area contributed by atoms with E-state index in [4.69, 9.17) is 4.74 Å². The first kappa shape index (κ1) is 16.3. The molecule has 0 radical (unpaired) electrons. The van der Waals surface area contributed by atoms with Gasteiger partial charge < -0.3 is 10.1 Å². The summed E-state index contributed by atoms with van der Waals surface area (Å²) in [6.07, 6.45) is 3.95. The molecule has 1 aliphatic rings. The van der Waals surface area contributed by atoms with Gasteiger partial charge in [0.05, 0.1) is 0 Å². The summed E-state index contributed by atoms with van der Waals surface area (Å²) in [6.45, 7) is 9.90. The Balaban J connectivity index is 1.75. The molecule has 3 heteroatoms. The minimum atomic E-state index is 0.511. The molecule has 1 saturated heterocycles. The standard InChI is InChI=1S/C18H30N2O/c1-18(2)8-5-10-20(11-9-18)12-13-21-17-7-4-6-16(14-17)15-19-3/h4,6-7,14,19H,5,8-13,15H2,1-3H3. The molecule has 0 spiro atoms. The van der Waals surface area contributed by atoms with Crippen LogP contribution in [0.25, 0.3) is 0 Å². The van der Waals surface area contributed by atoms with Crippen molar-refractivity contribution in [1.82, 2.24) is 10.2 Å². The van der Waals surface area contributed by atoms with Gasteiger partial charge in [-0.25, -0.2) is 0 Å². The smallest absolute Gasteiger partial charge is 0.119 e. The van der Waals surface area contributed by atoms with Crippen molar-refractivity contribution in [3.05, 3.63) is 29.8 Å². The Hall–Kier alpha value is -1.06. The number of hydrogen-bond donors (Lipinski definition) is 1. The average molecular weight is 290 g/mol. The van der Waals surface area contributed by atoms with Gasteiger partial charge in [-0.15, -0.1) is 0 Å². The Labute approximate surface area is 129 Å². The van der Waals surface area contributed by atoms with Crippen LogP contribution >= 0.6 is 0 Å². The van der Waals surface area contributed by atoms with Gasteiger partial charge in [0, 0.05) is 13.1 Å². The number of hydrogen-bond acceptors (Lipinski definition) is 3. The Morgan fingerprint density at radius 1 is 1.24 bits per heavy atom. The largest absolute Gasteiger partial charge is 0.492 e. The van der Waals surface area contributed by atoms with Crippen molar-refractivity contribution in [2.24, 2.45) is 5.41 Å². The minimum Gasteiger partial charge on any atom is -0.492 e. The molecule has 0 unspecified atom stereocenters. The van der Waals surface area contributed by atoms with E-state index in [-0.39, 0.29) is 0 Å². The lowest BCUT2D eigenvalue weighted by Gasteiger charge is -2.23. The van der Waals surface area contributed by atoms with Gasteiger partial charge in [0.25, 0.3) is 0 Å². The molecular weight excluding hydrogens is 260 g/mol. The Morgan fingerprint density at radius 3 is 2.90 bits per heavy atom. The van der Waals surface area contributed by atoms with E-state index in [1.54, 1.807) is 0 Å². The summed E-state index contributed by atoms with van der Waals surface area (Å²) in [4.78, 5) is 2.55. The summed E-state index contributed by atoms with van der Waals surface area (Å²) in [7, 11) is 1.97. The van der Waals surface area contributed by atoms with Crippen LogP contribution in [0.4, 0.5) is 0 Å². The first-order valence-corrected chi connectivity index (χ1v) is 8.18. The molecule has 0 atom stereocenters. The average Bonchev–Trinajstić information content (AvgIpc) is 2.61. The molecule has 0 bridgehead atoms. The van der Waals surface area contributed by atoms with Crippen molar-refractivity contribution in [3.63, 3.8) is 0 Å². The van der Waals surface area contributed by atoms with Crippen LogP contribution in [0, 0.1) is 5.41 Å². The Kier molecular flexibility index (Phi) is 6.07. The number of benzene rings is 1. The van der Waals surface area contributed by atoms with Crippen LogP contribution in [-0.4, -0.2) is 38.2 Å². The lowest BCUT2D eigenvalue weighted by molar-refractivity contribution is 0.207. The molecule has 0 saturated carbocycles. The van der Waals surface area contributed by atoms with Crippen LogP contribution in [0.15, 0.2) is 24.3 Å². The summed E-state index contributed by atoms with van der Waals surface area (Å²) < 4.78 is 5.92. The Bertz CT molecular complexity index is 431. The summed E-state index contributed by atoms with van der Waals surface area (Å²) in [5.41, 5.74) is 1.78. The zero-order valence-electron chi connectivity index (χ0n) is 13.8. The molecule has 2 rings (SSSR count). The second-order valence-electron chi connectivity index (χ2n) is 6.89. The van der Waals surface area contributed by atoms with Crippen molar-refractivity contribution in [1.29, 1.82) is 0 Å². The SMILES string of the molecule is CNCc1cccc(OCCN2CCCC(C)(C)CC2)c1. The number of likely N-dealkylation sites (tertiary alicyclic amines) is 1. The van der Waals surface area contributed by atoms with E-state index in [1.165, 1.54) is 37.9 Å². The highest BCUT2D eigenvalue weighted by molar-refractivity contribution is 5.28. The maximum atomic E-state index is 5.92. The van der Waals surface area contributed by atoms with Crippen molar-refractivity contribution in [2.75, 3.05) is 33.3 Å². The van der Waals surface area contributed by atoms with Crippen molar-refractivity contribution in [2.45, 2.75) is 39.7 Å². The second-order valence-corrected chi connectivity index (χ2v) is 6.89. The van der Waals surface area contributed by atoms with E-state index in [9.17, 15) is 0 Å². The van der Waals surface area contributed by atoms with Gasteiger partial charge in [-0.2, -0.15) is 0 Å². The highest BCUT2D eigenvalue weighted by atomic mass is 16.5. The lowest BCUT2D eigenvalue weighted by Crippen LogP contribution is -2.30. The number of rotatable bonds is 6. The monoisotopic (exact) mass is 290 g/mol. The third kappa shape index (κ3) is 5.68. The van der Waals surface area contributed by atoms with Crippen LogP contribution in [0.5, 0.6) is 5.75 Å². The van der Waals surface area contributed by atoms with Crippen LogP contribution < -0.4 is 10.1 Å². The molecule has 1 aliphatic heterocycles. The Morgan fingerprint density at radius 2 is 2.10 bits per heavy atom. The molecule has 1 aromatic carbocycles. The van der Waals surface area contributed by atoms with Gasteiger partial charge in [0.2, 0.25) is 0 Å². The number of nitrogens with zero attached hydrogens (tertiary/aromatic N) is 1. The molecule has 0 amide bonds. The molecule has 1 N–H and O–H groups in total. The highest BCUT2D eigenvalue weighted by Gasteiger charge is 2.22. The first-order chi connectivity index (χ1) is 10.1. The van der Waals surface area contributed by atoms with Gasteiger partial charge in [-0.1, -0.05) is 26.0 Å². The van der Waals surface area contributed by atoms with Crippen molar-refractivity contribution >= 4 is 0 Å². The van der Waals surface area contributed by atoms with Gasteiger partial charge in [-0.3, -0.25) is 4.90 Å². The molecule has 21 heavy (non-hydrogen) atoms. The van der Waals surface area contributed by atoms with Crippen molar-refractivity contribution < 1.29 is 4.74 Å². The molecule has 3 nitrogen and oxygen atoms in total. The maximum absolute atomic E-state index is 5.92. The van der Waals surface area contributed by atoms with Crippen LogP contribution in [0.3, 0.4) is 0 Å². The zero-order valence-corrected chi connectivity index (χ0v) is 13.8. The predicted molar refractivity (Wildman–Crippen MR) is 88.8 cm³/mol. The van der Waals surface area contributed by atoms with Crippen LogP contribution in [0.1, 0.15) is 38.7 Å². The lowest BCUT2D eigenvalue weighted by atomic mass is 9.85. The topological polar surface area (TPSA) is 24.5 Å². The maximum Gasteiger partial charge on any atom is 0.119 e. The summed E-state index contributed by atoms with van der Waals surface area (Å²) in [5, 5.41) is 3.17. The van der Waals surface area contributed by atoms with E-state index in [1.807, 2.05) is 13.1 Å². The quantitative estimate of drug-likeness (QED) is 0.870. The highest BCUT2D eigenvalue weighted by Crippen LogP contribution is 2.29. The summed E-state index contributed by atoms with van der Waals surface area (Å²) in [5.74, 6) is 0.984. The van der Waals surface area contributed by atoms with Gasteiger partial charge >= 0.3 is 0 Å². The summed E-state index contributed by atoms with van der Waals surface area (Å²) in [6, 6.07) is 8.36.